The fourth-order valence-corrected chi connectivity index (χ4v) is 2.33. The first-order chi connectivity index (χ1) is 9.54. The van der Waals surface area contributed by atoms with Crippen LogP contribution >= 0.6 is 0 Å². The lowest BCUT2D eigenvalue weighted by molar-refractivity contribution is 0.0690. The number of aromatic carboxylic acids is 1. The fraction of sp³-hybridized carbons (Fsp3) is 0.500. The first kappa shape index (κ1) is 12.8. The highest BCUT2D eigenvalue weighted by Crippen LogP contribution is 2.23. The molecule has 8 nitrogen and oxygen atoms in total. The summed E-state index contributed by atoms with van der Waals surface area (Å²) in [4.78, 5) is 13.0. The van der Waals surface area contributed by atoms with Gasteiger partial charge < -0.3 is 5.11 Å². The standard InChI is InChI=1S/C12H16N6O2/c1-8-9(3-13-16(8)2)4-17-5-10(6-17)18-7-11(12(19)20)14-15-18/h3,7,10H,4-6H2,1-2H3,(H,19,20). The van der Waals surface area contributed by atoms with E-state index in [0.29, 0.717) is 0 Å². The molecule has 0 radical (unpaired) electrons. The zero-order valence-electron chi connectivity index (χ0n) is 11.4. The molecule has 3 rings (SSSR count). The van der Waals surface area contributed by atoms with Crippen LogP contribution in [0.25, 0.3) is 0 Å². The number of hydrogen-bond acceptors (Lipinski definition) is 5. The van der Waals surface area contributed by atoms with Crippen LogP contribution in [0.4, 0.5) is 0 Å². The molecule has 1 aliphatic rings. The van der Waals surface area contributed by atoms with Crippen molar-refractivity contribution in [1.29, 1.82) is 0 Å². The number of likely N-dealkylation sites (tertiary alicyclic amines) is 1. The second-order valence-corrected chi connectivity index (χ2v) is 5.12. The van der Waals surface area contributed by atoms with Gasteiger partial charge in [0.05, 0.1) is 18.4 Å². The smallest absolute Gasteiger partial charge is 0.358 e. The van der Waals surface area contributed by atoms with E-state index < -0.39 is 5.97 Å². The normalized spacial score (nSPS) is 16.3. The highest BCUT2D eigenvalue weighted by molar-refractivity contribution is 5.84. The maximum atomic E-state index is 10.8. The summed E-state index contributed by atoms with van der Waals surface area (Å²) < 4.78 is 3.50. The molecule has 0 atom stereocenters. The van der Waals surface area contributed by atoms with Crippen LogP contribution in [-0.4, -0.2) is 53.8 Å². The van der Waals surface area contributed by atoms with Crippen molar-refractivity contribution < 1.29 is 9.90 Å². The fourth-order valence-electron chi connectivity index (χ4n) is 2.33. The van der Waals surface area contributed by atoms with Gasteiger partial charge in [-0.2, -0.15) is 5.10 Å². The van der Waals surface area contributed by atoms with Gasteiger partial charge in [0, 0.05) is 37.9 Å². The third-order valence-corrected chi connectivity index (χ3v) is 3.77. The largest absolute Gasteiger partial charge is 0.476 e. The van der Waals surface area contributed by atoms with E-state index in [1.54, 1.807) is 4.68 Å². The van der Waals surface area contributed by atoms with Crippen LogP contribution in [-0.2, 0) is 13.6 Å². The third-order valence-electron chi connectivity index (χ3n) is 3.77. The Morgan fingerprint density at radius 1 is 1.50 bits per heavy atom. The molecule has 0 unspecified atom stereocenters. The van der Waals surface area contributed by atoms with Crippen molar-refractivity contribution in [2.45, 2.75) is 19.5 Å². The molecular formula is C12H16N6O2. The molecule has 2 aromatic rings. The number of carboxylic acid groups (broad SMARTS) is 1. The van der Waals surface area contributed by atoms with Crippen LogP contribution in [0.1, 0.15) is 27.8 Å². The lowest BCUT2D eigenvalue weighted by Gasteiger charge is -2.38. The number of carbonyl (C=O) groups is 1. The van der Waals surface area contributed by atoms with Gasteiger partial charge in [-0.1, -0.05) is 5.21 Å². The van der Waals surface area contributed by atoms with Gasteiger partial charge in [0.1, 0.15) is 0 Å². The van der Waals surface area contributed by atoms with Gasteiger partial charge in [0.2, 0.25) is 0 Å². The summed E-state index contributed by atoms with van der Waals surface area (Å²) in [7, 11) is 1.93. The molecule has 1 aliphatic heterocycles. The Labute approximate surface area is 115 Å². The number of aromatic nitrogens is 5. The molecule has 8 heteroatoms. The molecule has 0 aliphatic carbocycles. The lowest BCUT2D eigenvalue weighted by atomic mass is 10.1. The minimum atomic E-state index is -1.04. The van der Waals surface area contributed by atoms with Gasteiger partial charge in [-0.15, -0.1) is 5.10 Å². The zero-order chi connectivity index (χ0) is 14.3. The number of rotatable bonds is 4. The maximum absolute atomic E-state index is 10.8. The lowest BCUT2D eigenvalue weighted by Crippen LogP contribution is -2.47. The third kappa shape index (κ3) is 2.18. The van der Waals surface area contributed by atoms with E-state index in [4.69, 9.17) is 5.11 Å². The van der Waals surface area contributed by atoms with Crippen LogP contribution in [0.5, 0.6) is 0 Å². The molecule has 1 fully saturated rings. The average Bonchev–Trinajstić information content (AvgIpc) is 2.94. The summed E-state index contributed by atoms with van der Waals surface area (Å²) in [6.07, 6.45) is 3.38. The maximum Gasteiger partial charge on any atom is 0.358 e. The number of aryl methyl sites for hydroxylation is 1. The molecular weight excluding hydrogens is 260 g/mol. The average molecular weight is 276 g/mol. The molecule has 1 N–H and O–H groups in total. The van der Waals surface area contributed by atoms with Crippen molar-refractivity contribution in [3.8, 4) is 0 Å². The summed E-state index contributed by atoms with van der Waals surface area (Å²) in [6, 6.07) is 0.201. The Kier molecular flexibility index (Phi) is 3.01. The van der Waals surface area contributed by atoms with E-state index in [1.807, 2.05) is 17.9 Å². The summed E-state index contributed by atoms with van der Waals surface area (Å²) in [5, 5.41) is 20.5. The van der Waals surface area contributed by atoms with Crippen LogP contribution in [0.3, 0.4) is 0 Å². The molecule has 20 heavy (non-hydrogen) atoms. The Hall–Kier alpha value is -2.22. The van der Waals surface area contributed by atoms with Gasteiger partial charge in [-0.25, -0.2) is 9.48 Å². The number of nitrogens with zero attached hydrogens (tertiary/aromatic N) is 6. The molecule has 0 spiro atoms. The van der Waals surface area contributed by atoms with Crippen LogP contribution in [0.15, 0.2) is 12.4 Å². The molecule has 3 heterocycles. The molecule has 0 amide bonds. The van der Waals surface area contributed by atoms with Crippen LogP contribution < -0.4 is 0 Å². The van der Waals surface area contributed by atoms with Crippen molar-refractivity contribution in [2.24, 2.45) is 7.05 Å². The predicted molar refractivity (Wildman–Crippen MR) is 69.2 cm³/mol. The zero-order valence-corrected chi connectivity index (χ0v) is 11.4. The molecule has 106 valence electrons. The summed E-state index contributed by atoms with van der Waals surface area (Å²) in [6.45, 7) is 4.60. The second kappa shape index (κ2) is 4.71. The van der Waals surface area contributed by atoms with Crippen molar-refractivity contribution in [2.75, 3.05) is 13.1 Å². The van der Waals surface area contributed by atoms with Gasteiger partial charge in [-0.05, 0) is 6.92 Å². The summed E-state index contributed by atoms with van der Waals surface area (Å²) >= 11 is 0. The van der Waals surface area contributed by atoms with Crippen molar-refractivity contribution in [3.63, 3.8) is 0 Å². The first-order valence-corrected chi connectivity index (χ1v) is 6.39. The minimum absolute atomic E-state index is 0.00782. The number of hydrogen-bond donors (Lipinski definition) is 1. The predicted octanol–water partition coefficient (Wildman–Crippen LogP) is 0.0751. The van der Waals surface area contributed by atoms with E-state index in [0.717, 1.165) is 19.6 Å². The summed E-state index contributed by atoms with van der Waals surface area (Å²) in [5.74, 6) is -1.04. The second-order valence-electron chi connectivity index (χ2n) is 5.12. The van der Waals surface area contributed by atoms with E-state index in [1.165, 1.54) is 17.5 Å². The van der Waals surface area contributed by atoms with Crippen molar-refractivity contribution in [1.82, 2.24) is 29.7 Å². The van der Waals surface area contributed by atoms with Crippen LogP contribution in [0.2, 0.25) is 0 Å². The van der Waals surface area contributed by atoms with Gasteiger partial charge in [-0.3, -0.25) is 9.58 Å². The molecule has 1 saturated heterocycles. The van der Waals surface area contributed by atoms with Crippen LogP contribution in [0, 0.1) is 6.92 Å². The van der Waals surface area contributed by atoms with E-state index in [2.05, 4.69) is 27.2 Å². The highest BCUT2D eigenvalue weighted by Gasteiger charge is 2.30. The molecule has 0 aromatic carbocycles. The van der Waals surface area contributed by atoms with Gasteiger partial charge >= 0.3 is 5.97 Å². The van der Waals surface area contributed by atoms with E-state index >= 15 is 0 Å². The Bertz CT molecular complexity index is 640. The van der Waals surface area contributed by atoms with E-state index in [-0.39, 0.29) is 11.7 Å². The highest BCUT2D eigenvalue weighted by atomic mass is 16.4. The topological polar surface area (TPSA) is 89.1 Å². The monoisotopic (exact) mass is 276 g/mol. The Morgan fingerprint density at radius 2 is 2.25 bits per heavy atom. The number of carboxylic acids is 1. The Balaban J connectivity index is 1.58. The van der Waals surface area contributed by atoms with Crippen molar-refractivity contribution >= 4 is 5.97 Å². The van der Waals surface area contributed by atoms with Gasteiger partial charge in [0.25, 0.3) is 0 Å². The molecule has 0 saturated carbocycles. The van der Waals surface area contributed by atoms with Crippen molar-refractivity contribution in [3.05, 3.63) is 29.3 Å². The summed E-state index contributed by atoms with van der Waals surface area (Å²) in [5.41, 5.74) is 2.38. The van der Waals surface area contributed by atoms with E-state index in [9.17, 15) is 4.79 Å². The molecule has 0 bridgehead atoms. The SMILES string of the molecule is Cc1c(CN2CC(n3cc(C(=O)O)nn3)C2)cnn1C. The minimum Gasteiger partial charge on any atom is -0.476 e. The quantitative estimate of drug-likeness (QED) is 0.850. The Morgan fingerprint density at radius 3 is 2.80 bits per heavy atom. The molecule has 2 aromatic heterocycles. The first-order valence-electron chi connectivity index (χ1n) is 6.39. The van der Waals surface area contributed by atoms with Gasteiger partial charge in [0.15, 0.2) is 5.69 Å².